The van der Waals surface area contributed by atoms with E-state index in [9.17, 15) is 18.0 Å². The third-order valence-electron chi connectivity index (χ3n) is 7.28. The number of alkyl halides is 3. The van der Waals surface area contributed by atoms with Gasteiger partial charge in [0.05, 0.1) is 11.1 Å². The maximum absolute atomic E-state index is 12.7. The number of carbonyl (C=O) groups is 1. The number of pyridine rings is 1. The lowest BCUT2D eigenvalue weighted by molar-refractivity contribution is -0.137. The first kappa shape index (κ1) is 25.3. The molecule has 0 aliphatic carbocycles. The molecular formula is C28H31F3N4O2. The number of likely N-dealkylation sites (tertiary alicyclic amines) is 1. The van der Waals surface area contributed by atoms with E-state index in [1.54, 1.807) is 6.07 Å². The second kappa shape index (κ2) is 10.6. The van der Waals surface area contributed by atoms with Crippen LogP contribution >= 0.6 is 0 Å². The van der Waals surface area contributed by atoms with Crippen LogP contribution in [0.15, 0.2) is 48.5 Å². The summed E-state index contributed by atoms with van der Waals surface area (Å²) < 4.78 is 43.4. The Bertz CT molecular complexity index is 1250. The zero-order valence-electron chi connectivity index (χ0n) is 20.9. The molecule has 0 radical (unpaired) electrons. The molecule has 2 aliphatic rings. The zero-order valence-corrected chi connectivity index (χ0v) is 20.9. The third kappa shape index (κ3) is 5.98. The number of nitrogens with zero attached hydrogens (tertiary/aromatic N) is 3. The lowest BCUT2D eigenvalue weighted by atomic mass is 10.0. The van der Waals surface area contributed by atoms with Crippen molar-refractivity contribution in [3.05, 3.63) is 59.7 Å². The van der Waals surface area contributed by atoms with Gasteiger partial charge in [-0.05, 0) is 99.8 Å². The smallest absolute Gasteiger partial charge is 0.416 e. The number of rotatable bonds is 6. The number of piperidine rings is 1. The van der Waals surface area contributed by atoms with Crippen molar-refractivity contribution in [1.82, 2.24) is 9.88 Å². The van der Waals surface area contributed by atoms with Gasteiger partial charge < -0.3 is 19.9 Å². The largest absolute Gasteiger partial charge is 0.484 e. The Morgan fingerprint density at radius 3 is 2.41 bits per heavy atom. The van der Waals surface area contributed by atoms with Crippen LogP contribution in [0.1, 0.15) is 36.8 Å². The number of aromatic nitrogens is 1. The van der Waals surface area contributed by atoms with Crippen LogP contribution in [0.2, 0.25) is 0 Å². The van der Waals surface area contributed by atoms with E-state index in [1.165, 1.54) is 38.1 Å². The van der Waals surface area contributed by atoms with Crippen LogP contribution in [0.4, 0.5) is 24.7 Å². The van der Waals surface area contributed by atoms with Crippen molar-refractivity contribution in [3.8, 4) is 5.75 Å². The van der Waals surface area contributed by atoms with E-state index >= 15 is 0 Å². The number of hydrogen-bond donors (Lipinski definition) is 1. The fourth-order valence-corrected chi connectivity index (χ4v) is 5.27. The van der Waals surface area contributed by atoms with Gasteiger partial charge in [-0.25, -0.2) is 4.98 Å². The molecule has 1 N–H and O–H groups in total. The van der Waals surface area contributed by atoms with Crippen LogP contribution in [0.5, 0.6) is 5.75 Å². The molecule has 0 saturated carbocycles. The molecule has 3 aromatic rings. The average molecular weight is 513 g/mol. The molecular weight excluding hydrogens is 481 g/mol. The second-order valence-corrected chi connectivity index (χ2v) is 9.85. The number of amides is 1. The Kier molecular flexibility index (Phi) is 7.24. The molecule has 0 spiro atoms. The highest BCUT2D eigenvalue weighted by Gasteiger charge is 2.30. The number of ether oxygens (including phenoxy) is 1. The highest BCUT2D eigenvalue weighted by atomic mass is 19.4. The van der Waals surface area contributed by atoms with Crippen molar-refractivity contribution in [2.75, 3.05) is 43.0 Å². The van der Waals surface area contributed by atoms with Crippen molar-refractivity contribution in [1.29, 1.82) is 0 Å². The van der Waals surface area contributed by atoms with Crippen LogP contribution in [-0.4, -0.2) is 54.6 Å². The van der Waals surface area contributed by atoms with E-state index in [1.807, 2.05) is 19.1 Å². The van der Waals surface area contributed by atoms with Gasteiger partial charge in [0, 0.05) is 30.2 Å². The first-order valence-corrected chi connectivity index (χ1v) is 12.8. The Labute approximate surface area is 214 Å². The van der Waals surface area contributed by atoms with Gasteiger partial charge in [0.1, 0.15) is 11.6 Å². The van der Waals surface area contributed by atoms with Crippen LogP contribution in [0.25, 0.3) is 10.9 Å². The molecule has 2 saturated heterocycles. The monoisotopic (exact) mass is 512 g/mol. The molecule has 6 nitrogen and oxygen atoms in total. The summed E-state index contributed by atoms with van der Waals surface area (Å²) in [6.45, 7) is 6.21. The third-order valence-corrected chi connectivity index (χ3v) is 7.28. The summed E-state index contributed by atoms with van der Waals surface area (Å²) in [5.41, 5.74) is 1.80. The minimum Gasteiger partial charge on any atom is -0.484 e. The van der Waals surface area contributed by atoms with Crippen LogP contribution in [0, 0.1) is 6.92 Å². The summed E-state index contributed by atoms with van der Waals surface area (Å²) in [5, 5.41) is 3.75. The summed E-state index contributed by atoms with van der Waals surface area (Å²) in [6, 6.07) is 12.6. The van der Waals surface area contributed by atoms with Crippen molar-refractivity contribution in [2.45, 2.75) is 44.8 Å². The summed E-state index contributed by atoms with van der Waals surface area (Å²) in [5.74, 6) is 0.785. The van der Waals surface area contributed by atoms with Gasteiger partial charge in [-0.3, -0.25) is 4.79 Å². The number of fused-ring (bicyclic) bond motifs is 1. The standard InChI is InChI=1S/C28H31F3N4O2/c1-19-16-26(35-14-10-22(11-15-35)34-12-2-3-13-34)33-25-9-6-21(17-24(19)25)32-27(36)18-37-23-7-4-20(5-8-23)28(29,30)31/h4-9,16-17,22H,2-3,10-15,18H2,1H3,(H,32,36). The quantitative estimate of drug-likeness (QED) is 0.463. The number of aryl methyl sites for hydroxylation is 1. The molecule has 0 bridgehead atoms. The van der Waals surface area contributed by atoms with Gasteiger partial charge in [0.25, 0.3) is 5.91 Å². The fraction of sp³-hybridized carbons (Fsp3) is 0.429. The number of carbonyl (C=O) groups excluding carboxylic acids is 1. The predicted molar refractivity (Wildman–Crippen MR) is 138 cm³/mol. The number of benzene rings is 2. The molecule has 1 aromatic heterocycles. The van der Waals surface area contributed by atoms with Gasteiger partial charge >= 0.3 is 6.18 Å². The lowest BCUT2D eigenvalue weighted by Gasteiger charge is -2.37. The summed E-state index contributed by atoms with van der Waals surface area (Å²) in [4.78, 5) is 22.3. The highest BCUT2D eigenvalue weighted by Crippen LogP contribution is 2.31. The van der Waals surface area contributed by atoms with Crippen LogP contribution in [-0.2, 0) is 11.0 Å². The SMILES string of the molecule is Cc1cc(N2CCC(N3CCCC3)CC2)nc2ccc(NC(=O)COc3ccc(C(F)(F)F)cc3)cc12. The maximum Gasteiger partial charge on any atom is 0.416 e. The first-order valence-electron chi connectivity index (χ1n) is 12.8. The van der Waals surface area contributed by atoms with E-state index < -0.39 is 17.6 Å². The van der Waals surface area contributed by atoms with Crippen molar-refractivity contribution in [3.63, 3.8) is 0 Å². The first-order chi connectivity index (χ1) is 17.8. The molecule has 5 rings (SSSR count). The minimum atomic E-state index is -4.41. The van der Waals surface area contributed by atoms with Crippen LogP contribution < -0.4 is 15.0 Å². The molecule has 3 heterocycles. The van der Waals surface area contributed by atoms with Gasteiger partial charge in [-0.2, -0.15) is 13.2 Å². The van der Waals surface area contributed by atoms with E-state index in [2.05, 4.69) is 21.2 Å². The second-order valence-electron chi connectivity index (χ2n) is 9.85. The van der Waals surface area contributed by atoms with Crippen molar-refractivity contribution >= 4 is 28.3 Å². The lowest BCUT2D eigenvalue weighted by Crippen LogP contribution is -2.44. The van der Waals surface area contributed by atoms with E-state index in [0.29, 0.717) is 11.7 Å². The number of hydrogen-bond acceptors (Lipinski definition) is 5. The molecule has 2 aliphatic heterocycles. The number of halogens is 3. The molecule has 1 amide bonds. The van der Waals surface area contributed by atoms with Gasteiger partial charge in [0.2, 0.25) is 0 Å². The average Bonchev–Trinajstić information content (AvgIpc) is 3.43. The molecule has 2 fully saturated rings. The molecule has 0 unspecified atom stereocenters. The summed E-state index contributed by atoms with van der Waals surface area (Å²) >= 11 is 0. The molecule has 196 valence electrons. The van der Waals surface area contributed by atoms with Gasteiger partial charge in [-0.15, -0.1) is 0 Å². The van der Waals surface area contributed by atoms with E-state index in [4.69, 9.17) is 9.72 Å². The normalized spacial score (nSPS) is 17.4. The number of nitrogens with one attached hydrogen (secondary N) is 1. The molecule has 9 heteroatoms. The Morgan fingerprint density at radius 1 is 1.03 bits per heavy atom. The van der Waals surface area contributed by atoms with Crippen molar-refractivity contribution in [2.24, 2.45) is 0 Å². The van der Waals surface area contributed by atoms with E-state index in [-0.39, 0.29) is 12.4 Å². The summed E-state index contributed by atoms with van der Waals surface area (Å²) in [7, 11) is 0. The highest BCUT2D eigenvalue weighted by molar-refractivity contribution is 5.95. The fourth-order valence-electron chi connectivity index (χ4n) is 5.27. The maximum atomic E-state index is 12.7. The van der Waals surface area contributed by atoms with Crippen molar-refractivity contribution < 1.29 is 22.7 Å². The topological polar surface area (TPSA) is 57.7 Å². The Balaban J connectivity index is 1.19. The molecule has 2 aromatic carbocycles. The Morgan fingerprint density at radius 2 is 1.73 bits per heavy atom. The Hall–Kier alpha value is -3.33. The zero-order chi connectivity index (χ0) is 26.0. The van der Waals surface area contributed by atoms with E-state index in [0.717, 1.165) is 60.3 Å². The molecule has 37 heavy (non-hydrogen) atoms. The summed E-state index contributed by atoms with van der Waals surface area (Å²) in [6.07, 6.45) is 0.557. The number of anilines is 2. The van der Waals surface area contributed by atoms with Gasteiger partial charge in [-0.1, -0.05) is 0 Å². The van der Waals surface area contributed by atoms with Crippen LogP contribution in [0.3, 0.4) is 0 Å². The molecule has 0 atom stereocenters. The predicted octanol–water partition coefficient (Wildman–Crippen LogP) is 5.64. The van der Waals surface area contributed by atoms with Gasteiger partial charge in [0.15, 0.2) is 6.61 Å². The minimum absolute atomic E-state index is 0.193.